The van der Waals surface area contributed by atoms with E-state index in [4.69, 9.17) is 14.2 Å². The SMILES string of the molecule is COc1cc(NC(=O)Nc2cccc(NC(=O)CBr)c2)cc(OC)c1OC. The van der Waals surface area contributed by atoms with E-state index in [-0.39, 0.29) is 11.2 Å². The molecule has 0 aromatic heterocycles. The van der Waals surface area contributed by atoms with Crippen LogP contribution in [-0.2, 0) is 4.79 Å². The first-order valence-electron chi connectivity index (χ1n) is 7.84. The van der Waals surface area contributed by atoms with E-state index in [2.05, 4.69) is 31.9 Å². The van der Waals surface area contributed by atoms with Crippen LogP contribution in [0.15, 0.2) is 36.4 Å². The third-order valence-electron chi connectivity index (χ3n) is 3.45. The summed E-state index contributed by atoms with van der Waals surface area (Å²) >= 11 is 3.08. The molecule has 0 aliphatic carbocycles. The quantitative estimate of drug-likeness (QED) is 0.573. The standard InChI is InChI=1S/C18H20BrN3O5/c1-25-14-8-13(9-15(26-2)17(14)27-3)22-18(24)21-12-6-4-5-11(7-12)20-16(23)10-19/h4-9H,10H2,1-3H3,(H,20,23)(H2,21,22,24). The number of amides is 3. The lowest BCUT2D eigenvalue weighted by atomic mass is 10.2. The Labute approximate surface area is 165 Å². The van der Waals surface area contributed by atoms with Crippen LogP contribution in [0.25, 0.3) is 0 Å². The van der Waals surface area contributed by atoms with Gasteiger partial charge < -0.3 is 30.2 Å². The first-order valence-corrected chi connectivity index (χ1v) is 8.96. The topological polar surface area (TPSA) is 97.9 Å². The number of carbonyl (C=O) groups excluding carboxylic acids is 2. The van der Waals surface area contributed by atoms with Crippen LogP contribution in [0.3, 0.4) is 0 Å². The molecule has 0 saturated carbocycles. The van der Waals surface area contributed by atoms with Crippen molar-refractivity contribution in [2.75, 3.05) is 42.6 Å². The van der Waals surface area contributed by atoms with E-state index in [1.165, 1.54) is 21.3 Å². The van der Waals surface area contributed by atoms with Crippen LogP contribution in [-0.4, -0.2) is 38.6 Å². The van der Waals surface area contributed by atoms with Gasteiger partial charge in [-0.1, -0.05) is 22.0 Å². The lowest BCUT2D eigenvalue weighted by Gasteiger charge is -2.15. The maximum atomic E-state index is 12.3. The van der Waals surface area contributed by atoms with Crippen LogP contribution in [0, 0.1) is 0 Å². The molecule has 0 radical (unpaired) electrons. The van der Waals surface area contributed by atoms with Gasteiger partial charge in [-0.2, -0.15) is 0 Å². The Morgan fingerprint density at radius 3 is 1.93 bits per heavy atom. The molecule has 9 heteroatoms. The maximum Gasteiger partial charge on any atom is 0.323 e. The van der Waals surface area contributed by atoms with Crippen molar-refractivity contribution in [1.29, 1.82) is 0 Å². The maximum absolute atomic E-state index is 12.3. The van der Waals surface area contributed by atoms with Crippen LogP contribution in [0.1, 0.15) is 0 Å². The van der Waals surface area contributed by atoms with Crippen LogP contribution >= 0.6 is 15.9 Å². The smallest absolute Gasteiger partial charge is 0.323 e. The Hall–Kier alpha value is -2.94. The van der Waals surface area contributed by atoms with Gasteiger partial charge in [-0.15, -0.1) is 0 Å². The second-order valence-corrected chi connectivity index (χ2v) is 5.82. The summed E-state index contributed by atoms with van der Waals surface area (Å²) in [6.07, 6.45) is 0. The molecular weight excluding hydrogens is 418 g/mol. The molecule has 0 aliphatic heterocycles. The van der Waals surface area contributed by atoms with E-state index in [0.717, 1.165) is 0 Å². The number of nitrogens with one attached hydrogen (secondary N) is 3. The highest BCUT2D eigenvalue weighted by molar-refractivity contribution is 9.09. The van der Waals surface area contributed by atoms with Crippen molar-refractivity contribution in [3.05, 3.63) is 36.4 Å². The van der Waals surface area contributed by atoms with Crippen molar-refractivity contribution in [3.8, 4) is 17.2 Å². The van der Waals surface area contributed by atoms with Crippen molar-refractivity contribution >= 4 is 44.9 Å². The molecule has 0 spiro atoms. The predicted molar refractivity (Wildman–Crippen MR) is 108 cm³/mol. The number of alkyl halides is 1. The normalized spacial score (nSPS) is 9.93. The molecule has 0 bridgehead atoms. The summed E-state index contributed by atoms with van der Waals surface area (Å²) in [7, 11) is 4.49. The van der Waals surface area contributed by atoms with Crippen molar-refractivity contribution in [2.45, 2.75) is 0 Å². The van der Waals surface area contributed by atoms with Gasteiger partial charge in [0.05, 0.1) is 32.3 Å². The fourth-order valence-corrected chi connectivity index (χ4v) is 2.46. The highest BCUT2D eigenvalue weighted by atomic mass is 79.9. The van der Waals surface area contributed by atoms with E-state index >= 15 is 0 Å². The summed E-state index contributed by atoms with van der Waals surface area (Å²) in [4.78, 5) is 23.7. The fraction of sp³-hybridized carbons (Fsp3) is 0.222. The molecule has 0 aliphatic rings. The molecule has 27 heavy (non-hydrogen) atoms. The third-order valence-corrected chi connectivity index (χ3v) is 3.96. The second kappa shape index (κ2) is 9.67. The van der Waals surface area contributed by atoms with E-state index in [1.54, 1.807) is 36.4 Å². The zero-order valence-corrected chi connectivity index (χ0v) is 16.7. The van der Waals surface area contributed by atoms with Crippen LogP contribution in [0.2, 0.25) is 0 Å². The molecule has 0 fully saturated rings. The van der Waals surface area contributed by atoms with E-state index in [9.17, 15) is 9.59 Å². The number of carbonyl (C=O) groups is 2. The van der Waals surface area contributed by atoms with Gasteiger partial charge in [0.2, 0.25) is 11.7 Å². The highest BCUT2D eigenvalue weighted by Crippen LogP contribution is 2.39. The second-order valence-electron chi connectivity index (χ2n) is 5.26. The first kappa shape index (κ1) is 20.4. The third kappa shape index (κ3) is 5.52. The Kier molecular flexibility index (Phi) is 7.30. The van der Waals surface area contributed by atoms with E-state index < -0.39 is 6.03 Å². The van der Waals surface area contributed by atoms with Crippen molar-refractivity contribution in [2.24, 2.45) is 0 Å². The van der Waals surface area contributed by atoms with Gasteiger partial charge in [-0.3, -0.25) is 4.79 Å². The number of methoxy groups -OCH3 is 3. The Bertz CT molecular complexity index is 803. The molecule has 0 saturated heterocycles. The summed E-state index contributed by atoms with van der Waals surface area (Å²) in [5.41, 5.74) is 1.56. The molecule has 2 aromatic rings. The molecule has 3 amide bonds. The van der Waals surface area contributed by atoms with E-state index in [0.29, 0.717) is 34.3 Å². The van der Waals surface area contributed by atoms with Gasteiger partial charge in [0.25, 0.3) is 0 Å². The predicted octanol–water partition coefficient (Wildman–Crippen LogP) is 3.69. The summed E-state index contributed by atoms with van der Waals surface area (Å²) in [6, 6.07) is 9.57. The van der Waals surface area contributed by atoms with Crippen molar-refractivity contribution in [1.82, 2.24) is 0 Å². The molecule has 3 N–H and O–H groups in total. The number of halogens is 1. The molecular formula is C18H20BrN3O5. The molecule has 0 unspecified atom stereocenters. The molecule has 2 aromatic carbocycles. The number of anilines is 3. The first-order chi connectivity index (χ1) is 13.0. The van der Waals surface area contributed by atoms with Crippen LogP contribution in [0.4, 0.5) is 21.9 Å². The summed E-state index contributed by atoms with van der Waals surface area (Å²) < 4.78 is 15.8. The van der Waals surface area contributed by atoms with Gasteiger partial charge in [-0.25, -0.2) is 4.79 Å². The Morgan fingerprint density at radius 1 is 0.852 bits per heavy atom. The Balaban J connectivity index is 2.12. The number of ether oxygens (including phenoxy) is 3. The van der Waals surface area contributed by atoms with Gasteiger partial charge in [0.15, 0.2) is 11.5 Å². The lowest BCUT2D eigenvalue weighted by Crippen LogP contribution is -2.20. The minimum absolute atomic E-state index is 0.186. The van der Waals surface area contributed by atoms with Crippen molar-refractivity contribution in [3.63, 3.8) is 0 Å². The van der Waals surface area contributed by atoms with Crippen molar-refractivity contribution < 1.29 is 23.8 Å². The number of urea groups is 1. The number of hydrogen-bond acceptors (Lipinski definition) is 5. The minimum atomic E-state index is -0.465. The molecule has 0 heterocycles. The fourth-order valence-electron chi connectivity index (χ4n) is 2.32. The van der Waals surface area contributed by atoms with Gasteiger partial charge >= 0.3 is 6.03 Å². The summed E-state index contributed by atoms with van der Waals surface area (Å²) in [5, 5.41) is 8.28. The summed E-state index contributed by atoms with van der Waals surface area (Å²) in [5.74, 6) is 1.09. The minimum Gasteiger partial charge on any atom is -0.493 e. The molecule has 2 rings (SSSR count). The van der Waals surface area contributed by atoms with Gasteiger partial charge in [0.1, 0.15) is 0 Å². The van der Waals surface area contributed by atoms with Gasteiger partial charge in [0, 0.05) is 23.5 Å². The van der Waals surface area contributed by atoms with Crippen LogP contribution < -0.4 is 30.2 Å². The van der Waals surface area contributed by atoms with Gasteiger partial charge in [-0.05, 0) is 18.2 Å². The van der Waals surface area contributed by atoms with E-state index in [1.807, 2.05) is 0 Å². The molecule has 0 atom stereocenters. The largest absolute Gasteiger partial charge is 0.493 e. The monoisotopic (exact) mass is 437 g/mol. The average Bonchev–Trinajstić information content (AvgIpc) is 2.67. The Morgan fingerprint density at radius 2 is 1.41 bits per heavy atom. The van der Waals surface area contributed by atoms with Crippen LogP contribution in [0.5, 0.6) is 17.2 Å². The zero-order valence-electron chi connectivity index (χ0n) is 15.1. The number of rotatable bonds is 7. The number of benzene rings is 2. The zero-order chi connectivity index (χ0) is 19.8. The molecule has 144 valence electrons. The lowest BCUT2D eigenvalue weighted by molar-refractivity contribution is -0.113. The number of hydrogen-bond donors (Lipinski definition) is 3. The summed E-state index contributed by atoms with van der Waals surface area (Å²) in [6.45, 7) is 0. The molecule has 8 nitrogen and oxygen atoms in total. The average molecular weight is 438 g/mol. The highest BCUT2D eigenvalue weighted by Gasteiger charge is 2.14.